The maximum absolute atomic E-state index is 11.8. The van der Waals surface area contributed by atoms with Crippen molar-refractivity contribution < 1.29 is 19.5 Å². The van der Waals surface area contributed by atoms with Crippen LogP contribution in [0.2, 0.25) is 0 Å². The number of hydrogen-bond donors (Lipinski definition) is 4. The van der Waals surface area contributed by atoms with Gasteiger partial charge >= 0.3 is 12.0 Å². The third-order valence-corrected chi connectivity index (χ3v) is 3.95. The number of carboxylic acids is 1. The van der Waals surface area contributed by atoms with Gasteiger partial charge in [-0.25, -0.2) is 4.79 Å². The zero-order valence-corrected chi connectivity index (χ0v) is 12.5. The number of nitrogens with two attached hydrogens (primary N) is 1. The van der Waals surface area contributed by atoms with Crippen LogP contribution in [-0.4, -0.2) is 35.6 Å². The van der Waals surface area contributed by atoms with Crippen molar-refractivity contribution in [1.82, 2.24) is 10.6 Å². The van der Waals surface area contributed by atoms with E-state index in [0.717, 1.165) is 32.1 Å². The summed E-state index contributed by atoms with van der Waals surface area (Å²) in [6.07, 6.45) is 4.89. The SMILES string of the molecule is CC(CC(N)=O)NC(=O)NCC1(CC(=O)O)CCCCC1. The van der Waals surface area contributed by atoms with E-state index in [0.29, 0.717) is 6.54 Å². The minimum Gasteiger partial charge on any atom is -0.481 e. The number of rotatable bonds is 7. The van der Waals surface area contributed by atoms with E-state index in [1.54, 1.807) is 6.92 Å². The number of carboxylic acid groups (broad SMARTS) is 1. The van der Waals surface area contributed by atoms with Gasteiger partial charge in [-0.05, 0) is 25.2 Å². The highest BCUT2D eigenvalue weighted by Crippen LogP contribution is 2.38. The molecule has 1 fully saturated rings. The van der Waals surface area contributed by atoms with Crippen LogP contribution in [0.3, 0.4) is 0 Å². The van der Waals surface area contributed by atoms with Gasteiger partial charge < -0.3 is 21.5 Å². The van der Waals surface area contributed by atoms with Crippen LogP contribution in [0.1, 0.15) is 51.9 Å². The lowest BCUT2D eigenvalue weighted by molar-refractivity contribution is -0.140. The molecule has 120 valence electrons. The summed E-state index contributed by atoms with van der Waals surface area (Å²) in [6, 6.07) is -0.733. The molecule has 1 aliphatic carbocycles. The second-order valence-electron chi connectivity index (χ2n) is 6.03. The summed E-state index contributed by atoms with van der Waals surface area (Å²) in [4.78, 5) is 33.6. The van der Waals surface area contributed by atoms with Crippen molar-refractivity contribution in [2.24, 2.45) is 11.1 Å². The van der Waals surface area contributed by atoms with Gasteiger partial charge in [0.05, 0.1) is 6.42 Å². The average molecular weight is 299 g/mol. The lowest BCUT2D eigenvalue weighted by atomic mass is 9.72. The molecule has 7 nitrogen and oxygen atoms in total. The van der Waals surface area contributed by atoms with Crippen molar-refractivity contribution in [1.29, 1.82) is 0 Å². The summed E-state index contributed by atoms with van der Waals surface area (Å²) in [7, 11) is 0. The molecule has 0 heterocycles. The van der Waals surface area contributed by atoms with Crippen LogP contribution in [0, 0.1) is 5.41 Å². The van der Waals surface area contributed by atoms with Gasteiger partial charge in [-0.15, -0.1) is 0 Å². The molecule has 5 N–H and O–H groups in total. The van der Waals surface area contributed by atoms with E-state index < -0.39 is 11.9 Å². The van der Waals surface area contributed by atoms with E-state index in [1.165, 1.54) is 0 Å². The van der Waals surface area contributed by atoms with Crippen molar-refractivity contribution >= 4 is 17.9 Å². The molecule has 7 heteroatoms. The van der Waals surface area contributed by atoms with E-state index in [2.05, 4.69) is 10.6 Å². The maximum Gasteiger partial charge on any atom is 0.315 e. The smallest absolute Gasteiger partial charge is 0.315 e. The molecule has 0 spiro atoms. The minimum absolute atomic E-state index is 0.0735. The molecule has 0 aliphatic heterocycles. The highest BCUT2D eigenvalue weighted by molar-refractivity contribution is 5.77. The lowest BCUT2D eigenvalue weighted by Gasteiger charge is -2.36. The molecular formula is C14H25N3O4. The Labute approximate surface area is 124 Å². The second kappa shape index (κ2) is 7.85. The molecule has 3 amide bonds. The Morgan fingerprint density at radius 3 is 2.38 bits per heavy atom. The first-order valence-electron chi connectivity index (χ1n) is 7.37. The number of amides is 3. The van der Waals surface area contributed by atoms with Gasteiger partial charge in [0.25, 0.3) is 0 Å². The first kappa shape index (κ1) is 17.3. The van der Waals surface area contributed by atoms with Crippen LogP contribution in [0.25, 0.3) is 0 Å². The van der Waals surface area contributed by atoms with E-state index in [9.17, 15) is 14.4 Å². The third kappa shape index (κ3) is 6.46. The monoisotopic (exact) mass is 299 g/mol. The molecule has 0 aromatic heterocycles. The fraction of sp³-hybridized carbons (Fsp3) is 0.786. The number of carbonyl (C=O) groups is 3. The fourth-order valence-corrected chi connectivity index (χ4v) is 2.93. The molecular weight excluding hydrogens is 274 g/mol. The highest BCUT2D eigenvalue weighted by atomic mass is 16.4. The van der Waals surface area contributed by atoms with E-state index in [4.69, 9.17) is 10.8 Å². The summed E-state index contributed by atoms with van der Waals surface area (Å²) < 4.78 is 0. The predicted octanol–water partition coefficient (Wildman–Crippen LogP) is 0.975. The van der Waals surface area contributed by atoms with Gasteiger partial charge in [-0.2, -0.15) is 0 Å². The lowest BCUT2D eigenvalue weighted by Crippen LogP contribution is -2.47. The molecule has 1 unspecified atom stereocenters. The molecule has 0 aromatic carbocycles. The molecule has 0 bridgehead atoms. The minimum atomic E-state index is -0.832. The van der Waals surface area contributed by atoms with Gasteiger partial charge in [0, 0.05) is 19.0 Å². The van der Waals surface area contributed by atoms with Crippen LogP contribution in [-0.2, 0) is 9.59 Å². The number of carbonyl (C=O) groups excluding carboxylic acids is 2. The average Bonchev–Trinajstić information content (AvgIpc) is 2.35. The fourth-order valence-electron chi connectivity index (χ4n) is 2.93. The number of urea groups is 1. The second-order valence-corrected chi connectivity index (χ2v) is 6.03. The molecule has 1 aliphatic rings. The Morgan fingerprint density at radius 2 is 1.86 bits per heavy atom. The Bertz CT molecular complexity index is 392. The number of nitrogens with one attached hydrogen (secondary N) is 2. The van der Waals surface area contributed by atoms with Crippen molar-refractivity contribution in [3.8, 4) is 0 Å². The van der Waals surface area contributed by atoms with Crippen molar-refractivity contribution in [3.05, 3.63) is 0 Å². The van der Waals surface area contributed by atoms with E-state index in [-0.39, 0.29) is 30.3 Å². The van der Waals surface area contributed by atoms with E-state index in [1.807, 2.05) is 0 Å². The first-order chi connectivity index (χ1) is 9.83. The van der Waals surface area contributed by atoms with Crippen LogP contribution >= 0.6 is 0 Å². The van der Waals surface area contributed by atoms with Crippen LogP contribution in [0.15, 0.2) is 0 Å². The summed E-state index contributed by atoms with van der Waals surface area (Å²) in [6.45, 7) is 2.03. The first-order valence-corrected chi connectivity index (χ1v) is 7.37. The normalized spacial score (nSPS) is 18.5. The summed E-state index contributed by atoms with van der Waals surface area (Å²) in [5.74, 6) is -1.31. The maximum atomic E-state index is 11.8. The number of aliphatic carboxylic acids is 1. The van der Waals surface area contributed by atoms with Crippen molar-refractivity contribution in [3.63, 3.8) is 0 Å². The number of hydrogen-bond acceptors (Lipinski definition) is 3. The van der Waals surface area contributed by atoms with Crippen molar-refractivity contribution in [2.45, 2.75) is 57.9 Å². The van der Waals surface area contributed by atoms with Crippen LogP contribution in [0.5, 0.6) is 0 Å². The van der Waals surface area contributed by atoms with Crippen molar-refractivity contribution in [2.75, 3.05) is 6.54 Å². The summed E-state index contributed by atoms with van der Waals surface area (Å²) in [5, 5.41) is 14.4. The standard InChI is InChI=1S/C14H25N3O4/c1-10(7-11(15)18)17-13(21)16-9-14(8-12(19)20)5-3-2-4-6-14/h10H,2-9H2,1H3,(H2,15,18)(H,19,20)(H2,16,17,21). The summed E-state index contributed by atoms with van der Waals surface area (Å²) >= 11 is 0. The number of primary amides is 1. The molecule has 1 atom stereocenters. The zero-order valence-electron chi connectivity index (χ0n) is 12.5. The topological polar surface area (TPSA) is 122 Å². The zero-order chi connectivity index (χ0) is 15.9. The van der Waals surface area contributed by atoms with Crippen LogP contribution < -0.4 is 16.4 Å². The van der Waals surface area contributed by atoms with Crippen LogP contribution in [0.4, 0.5) is 4.79 Å². The van der Waals surface area contributed by atoms with Gasteiger partial charge in [0.15, 0.2) is 0 Å². The summed E-state index contributed by atoms with van der Waals surface area (Å²) in [5.41, 5.74) is 4.71. The predicted molar refractivity (Wildman–Crippen MR) is 77.6 cm³/mol. The van der Waals surface area contributed by atoms with Gasteiger partial charge in [-0.1, -0.05) is 19.3 Å². The molecule has 21 heavy (non-hydrogen) atoms. The van der Waals surface area contributed by atoms with Gasteiger partial charge in [-0.3, -0.25) is 9.59 Å². The Balaban J connectivity index is 2.47. The Hall–Kier alpha value is -1.79. The largest absolute Gasteiger partial charge is 0.481 e. The molecule has 0 aromatic rings. The Kier molecular flexibility index (Phi) is 6.45. The highest BCUT2D eigenvalue weighted by Gasteiger charge is 2.34. The molecule has 0 radical (unpaired) electrons. The molecule has 1 saturated carbocycles. The van der Waals surface area contributed by atoms with Gasteiger partial charge in [0.2, 0.25) is 5.91 Å². The Morgan fingerprint density at radius 1 is 1.24 bits per heavy atom. The van der Waals surface area contributed by atoms with Gasteiger partial charge in [0.1, 0.15) is 0 Å². The molecule has 0 saturated heterocycles. The third-order valence-electron chi connectivity index (χ3n) is 3.95. The quantitative estimate of drug-likeness (QED) is 0.559. The van der Waals surface area contributed by atoms with E-state index >= 15 is 0 Å². The molecule has 1 rings (SSSR count).